The van der Waals surface area contributed by atoms with E-state index in [2.05, 4.69) is 143 Å². The number of rotatable bonds is 24. The molecular formula is C74H104BBrF2N14O10S2Si2. The number of hydrogen-bond acceptors (Lipinski definition) is 18. The molecule has 6 aromatic heterocycles. The van der Waals surface area contributed by atoms with E-state index in [0.717, 1.165) is 55.3 Å². The lowest BCUT2D eigenvalue weighted by Crippen LogP contribution is -2.49. The zero-order valence-corrected chi connectivity index (χ0v) is 69.2. The minimum absolute atomic E-state index is 0.141. The Hall–Kier alpha value is -7.56. The standard InChI is InChI=1S/C34H46FN7O4SSi.C26H39BrFN5O4Si.C14H19BN2O2S/c1-34(2,3)46-33(44)37-25-10-8-14-40(20-25)30-27(35)12-7-13-28(30)39-32(43)31-38-29(22-41(31)23-45-15-17-48(4,5)6)24-18-36-42(19-24)21-26-11-9-16-47-26;1-26(2,3)37-25(35)29-18-9-8-12-32(15-18)22-19(28)10-7-11-20(22)30-24(34)23-31-21(27)16-33(23)17-36-13-14-38(4,5)6;1-13(2)14(3,4)19-15(18-13)11-8-16-17(9-11)10-12-6-5-7-20-12/h7,9,11-13,16,18-19,22,25H,8,10,14-15,17,20-21,23H2,1-6H3,(H,37,44)(H,39,43);7,10-11,16,18H,8-9,12-15,17H2,1-6H3,(H,29,35)(H,30,34);5-9H,10H2,1-4H3/t25-;18-;/m11./s1. The number of hydrogen-bond donors (Lipinski definition) is 4. The molecule has 4 N–H and O–H groups in total. The fourth-order valence-electron chi connectivity index (χ4n) is 11.6. The van der Waals surface area contributed by atoms with Crippen LogP contribution in [0.3, 0.4) is 0 Å². The van der Waals surface area contributed by atoms with Crippen LogP contribution < -0.4 is 36.5 Å². The molecule has 3 aliphatic heterocycles. The van der Waals surface area contributed by atoms with Gasteiger partial charge in [-0.25, -0.2) is 28.3 Å². The van der Waals surface area contributed by atoms with Crippen molar-refractivity contribution in [3.05, 3.63) is 146 Å². The number of ether oxygens (including phenoxy) is 4. The van der Waals surface area contributed by atoms with Crippen LogP contribution in [0.4, 0.5) is 41.1 Å². The number of alkyl carbamates (subject to hydrolysis) is 2. The number of anilines is 4. The molecule has 4 amide bonds. The van der Waals surface area contributed by atoms with Gasteiger partial charge in [0.1, 0.15) is 40.9 Å². The van der Waals surface area contributed by atoms with Crippen LogP contribution in [0.15, 0.2) is 113 Å². The molecule has 3 fully saturated rings. The van der Waals surface area contributed by atoms with Gasteiger partial charge in [0.05, 0.1) is 58.9 Å². The average molecular weight is 1600 g/mol. The molecule has 32 heteroatoms. The van der Waals surface area contributed by atoms with Crippen LogP contribution >= 0.6 is 38.6 Å². The van der Waals surface area contributed by atoms with Crippen molar-refractivity contribution in [3.63, 3.8) is 0 Å². The van der Waals surface area contributed by atoms with Crippen molar-refractivity contribution in [2.45, 2.75) is 207 Å². The minimum Gasteiger partial charge on any atom is -0.444 e. The number of nitrogens with zero attached hydrogens (tertiary/aromatic N) is 10. The number of imidazole rings is 2. The highest BCUT2D eigenvalue weighted by atomic mass is 79.9. The second-order valence-corrected chi connectivity index (χ2v) is 46.3. The number of benzene rings is 2. The first kappa shape index (κ1) is 82.5. The highest BCUT2D eigenvalue weighted by molar-refractivity contribution is 9.10. The van der Waals surface area contributed by atoms with E-state index in [1.807, 2.05) is 49.2 Å². The summed E-state index contributed by atoms with van der Waals surface area (Å²) in [5.41, 5.74) is 1.65. The second-order valence-electron chi connectivity index (χ2n) is 32.2. The molecule has 24 nitrogen and oxygen atoms in total. The van der Waals surface area contributed by atoms with Crippen molar-refractivity contribution >= 4 is 114 Å². The Morgan fingerprint density at radius 2 is 1.08 bits per heavy atom. The van der Waals surface area contributed by atoms with Crippen LogP contribution in [0.25, 0.3) is 11.3 Å². The first-order chi connectivity index (χ1) is 49.8. The van der Waals surface area contributed by atoms with Gasteiger partial charge < -0.3 is 68.5 Å². The van der Waals surface area contributed by atoms with Gasteiger partial charge in [-0.1, -0.05) is 63.5 Å². The third kappa shape index (κ3) is 24.5. The van der Waals surface area contributed by atoms with Gasteiger partial charge in [-0.2, -0.15) is 10.2 Å². The number of halogens is 3. The predicted octanol–water partition coefficient (Wildman–Crippen LogP) is 15.2. The second kappa shape index (κ2) is 35.6. The van der Waals surface area contributed by atoms with Crippen LogP contribution in [-0.4, -0.2) is 160 Å². The van der Waals surface area contributed by atoms with Crippen LogP contribution in [-0.2, 0) is 54.8 Å². The van der Waals surface area contributed by atoms with E-state index in [0.29, 0.717) is 67.6 Å². The fourth-order valence-corrected chi connectivity index (χ4v) is 15.0. The summed E-state index contributed by atoms with van der Waals surface area (Å²) in [5, 5.41) is 24.6. The van der Waals surface area contributed by atoms with Gasteiger partial charge in [0, 0.05) is 119 Å². The Kier molecular flexibility index (Phi) is 27.7. The summed E-state index contributed by atoms with van der Waals surface area (Å²) in [7, 11) is -2.89. The molecule has 8 aromatic rings. The van der Waals surface area contributed by atoms with Crippen LogP contribution in [0.1, 0.15) is 126 Å². The van der Waals surface area contributed by atoms with E-state index >= 15 is 8.78 Å². The third-order valence-corrected chi connectivity index (χ3v) is 23.2. The molecule has 0 saturated carbocycles. The summed E-state index contributed by atoms with van der Waals surface area (Å²) in [5.74, 6) is -1.60. The van der Waals surface area contributed by atoms with Crippen molar-refractivity contribution < 1.29 is 56.2 Å². The van der Waals surface area contributed by atoms with E-state index < -0.39 is 63.0 Å². The summed E-state index contributed by atoms with van der Waals surface area (Å²) in [6, 6.07) is 18.9. The number of para-hydroxylation sites is 2. The normalized spacial score (nSPS) is 16.7. The van der Waals surface area contributed by atoms with Gasteiger partial charge in [0.25, 0.3) is 11.8 Å². The quantitative estimate of drug-likeness (QED) is 0.0324. The Bertz CT molecular complexity index is 4210. The largest absolute Gasteiger partial charge is 0.498 e. The average Bonchev–Trinajstić information content (AvgIpc) is 1.57. The maximum atomic E-state index is 15.5. The number of amides is 4. The molecular weight excluding hydrogens is 1490 g/mol. The number of thiophene rings is 2. The lowest BCUT2D eigenvalue weighted by atomic mass is 9.82. The molecule has 9 heterocycles. The van der Waals surface area contributed by atoms with E-state index in [1.165, 1.54) is 21.9 Å². The monoisotopic (exact) mass is 1600 g/mol. The van der Waals surface area contributed by atoms with Crippen molar-refractivity contribution in [2.24, 2.45) is 0 Å². The van der Waals surface area contributed by atoms with E-state index in [9.17, 15) is 19.2 Å². The Labute approximate surface area is 640 Å². The molecule has 3 saturated heterocycles. The minimum atomic E-state index is -1.32. The maximum absolute atomic E-state index is 15.5. The molecule has 0 bridgehead atoms. The number of piperidine rings is 2. The van der Waals surface area contributed by atoms with Crippen molar-refractivity contribution in [3.8, 4) is 11.3 Å². The summed E-state index contributed by atoms with van der Waals surface area (Å²) < 4.78 is 72.9. The van der Waals surface area contributed by atoms with Crippen molar-refractivity contribution in [1.29, 1.82) is 0 Å². The predicted molar refractivity (Wildman–Crippen MR) is 424 cm³/mol. The molecule has 3 aliphatic rings. The van der Waals surface area contributed by atoms with E-state index in [4.69, 9.17) is 33.2 Å². The summed E-state index contributed by atoms with van der Waals surface area (Å²) in [4.78, 5) is 67.1. The van der Waals surface area contributed by atoms with Crippen molar-refractivity contribution in [2.75, 3.05) is 59.8 Å². The van der Waals surface area contributed by atoms with Crippen LogP contribution in [0, 0.1) is 11.6 Å². The highest BCUT2D eigenvalue weighted by Crippen LogP contribution is 2.38. The number of aromatic nitrogens is 8. The third-order valence-electron chi connectivity index (χ3n) is 17.7. The van der Waals surface area contributed by atoms with Crippen LogP contribution in [0.5, 0.6) is 0 Å². The Balaban J connectivity index is 0.000000198. The maximum Gasteiger partial charge on any atom is 0.498 e. The Morgan fingerprint density at radius 1 is 0.623 bits per heavy atom. The smallest absolute Gasteiger partial charge is 0.444 e. The lowest BCUT2D eigenvalue weighted by Gasteiger charge is -2.36. The lowest BCUT2D eigenvalue weighted by molar-refractivity contribution is 0.00578. The number of carbonyl (C=O) groups excluding carboxylic acids is 4. The van der Waals surface area contributed by atoms with Crippen molar-refractivity contribution in [1.82, 2.24) is 49.3 Å². The first-order valence-electron chi connectivity index (χ1n) is 35.9. The summed E-state index contributed by atoms with van der Waals surface area (Å²) >= 11 is 6.73. The van der Waals surface area contributed by atoms with Gasteiger partial charge in [-0.3, -0.25) is 19.0 Å². The molecule has 0 unspecified atom stereocenters. The zero-order chi connectivity index (χ0) is 76.9. The van der Waals surface area contributed by atoms with Crippen LogP contribution in [0.2, 0.25) is 51.4 Å². The molecule has 0 aliphatic carbocycles. The number of nitrogens with one attached hydrogen (secondary N) is 4. The van der Waals surface area contributed by atoms with Gasteiger partial charge in [0.15, 0.2) is 0 Å². The molecule has 574 valence electrons. The summed E-state index contributed by atoms with van der Waals surface area (Å²) in [6.07, 6.45) is 12.9. The Morgan fingerprint density at radius 3 is 1.53 bits per heavy atom. The van der Waals surface area contributed by atoms with Gasteiger partial charge in [-0.05, 0) is 170 Å². The molecule has 2 atom stereocenters. The topological polar surface area (TPSA) is 250 Å². The number of carbonyl (C=O) groups is 4. The molecule has 11 rings (SSSR count). The summed E-state index contributed by atoms with van der Waals surface area (Å²) in [6.45, 7) is 37.6. The molecule has 106 heavy (non-hydrogen) atoms. The van der Waals surface area contributed by atoms with Gasteiger partial charge >= 0.3 is 19.3 Å². The highest BCUT2D eigenvalue weighted by Gasteiger charge is 2.52. The van der Waals surface area contributed by atoms with E-state index in [-0.39, 0.29) is 66.9 Å². The molecule has 2 aromatic carbocycles. The first-order valence-corrected chi connectivity index (χ1v) is 45.9. The van der Waals surface area contributed by atoms with Gasteiger partial charge in [-0.15, -0.1) is 22.7 Å². The molecule has 0 spiro atoms. The SMILES string of the molecule is CC(C)(C)OC(=O)N[C@@H]1CCCN(c2c(F)cccc2NC(=O)c2nc(-c3cnn(Cc4cccs4)c3)cn2COCC[Si](C)(C)C)C1.CC(C)(C)OC(=O)N[C@@H]1CCCN(c2c(F)cccc2NC(=O)c2nc(Br)cn2COCC[Si](C)(C)C)C1.CC1(C)OB(c2cnn(Cc3cccs3)c2)OC1(C)C. The van der Waals surface area contributed by atoms with E-state index in [1.54, 1.807) is 116 Å². The van der Waals surface area contributed by atoms with Gasteiger partial charge in [0.2, 0.25) is 11.6 Å². The fraction of sp³-hybridized carbons (Fsp3) is 0.514. The zero-order valence-electron chi connectivity index (χ0n) is 63.9. The molecule has 0 radical (unpaired) electrons.